The maximum atomic E-state index is 12.4. The van der Waals surface area contributed by atoms with E-state index in [0.29, 0.717) is 29.8 Å². The van der Waals surface area contributed by atoms with Crippen LogP contribution < -0.4 is 5.32 Å². The number of carbonyl (C=O) groups excluding carboxylic acids is 1. The third-order valence-electron chi connectivity index (χ3n) is 5.34. The van der Waals surface area contributed by atoms with Crippen molar-refractivity contribution in [1.29, 1.82) is 0 Å². The van der Waals surface area contributed by atoms with Gasteiger partial charge in [0.2, 0.25) is 17.6 Å². The molecule has 3 aromatic rings. The Kier molecular flexibility index (Phi) is 6.76. The number of amides is 1. The summed E-state index contributed by atoms with van der Waals surface area (Å²) in [6, 6.07) is 7.36. The summed E-state index contributed by atoms with van der Waals surface area (Å²) in [6.45, 7) is 3.82. The predicted octanol–water partition coefficient (Wildman–Crippen LogP) is 3.01. The van der Waals surface area contributed by atoms with Crippen molar-refractivity contribution in [2.24, 2.45) is 5.92 Å². The third kappa shape index (κ3) is 5.46. The zero-order valence-corrected chi connectivity index (χ0v) is 17.5. The van der Waals surface area contributed by atoms with Crippen molar-refractivity contribution in [3.8, 4) is 11.4 Å². The number of benzene rings is 1. The maximum Gasteiger partial charge on any atom is 0.241 e. The molecule has 1 amide bonds. The highest BCUT2D eigenvalue weighted by atomic mass is 35.5. The molecule has 30 heavy (non-hydrogen) atoms. The van der Waals surface area contributed by atoms with Gasteiger partial charge in [0.1, 0.15) is 0 Å². The van der Waals surface area contributed by atoms with Gasteiger partial charge in [-0.3, -0.25) is 9.69 Å². The van der Waals surface area contributed by atoms with Crippen LogP contribution >= 0.6 is 11.6 Å². The Balaban J connectivity index is 1.18. The van der Waals surface area contributed by atoms with Gasteiger partial charge in [-0.05, 0) is 56.6 Å². The van der Waals surface area contributed by atoms with Crippen molar-refractivity contribution in [3.63, 3.8) is 0 Å². The number of rotatable bonds is 8. The minimum absolute atomic E-state index is 0.0711. The van der Waals surface area contributed by atoms with Gasteiger partial charge in [0.25, 0.3) is 0 Å². The first-order valence-corrected chi connectivity index (χ1v) is 10.6. The number of nitrogens with zero attached hydrogens (tertiary/aromatic N) is 5. The van der Waals surface area contributed by atoms with Crippen molar-refractivity contribution in [2.45, 2.75) is 32.4 Å². The monoisotopic (exact) mass is 428 g/mol. The standard InChI is InChI=1S/C21H25ClN6O2/c22-18-4-2-16(3-5-18)20-25-19(30-26-20)14-27-11-6-17(7-12-27)21(29)24-8-1-10-28-13-9-23-15-28/h2-5,9,13,15,17H,1,6-8,10-12,14H2,(H,24,29). The first-order chi connectivity index (χ1) is 14.7. The van der Waals surface area contributed by atoms with Gasteiger partial charge in [0, 0.05) is 42.0 Å². The summed E-state index contributed by atoms with van der Waals surface area (Å²) < 4.78 is 7.42. The zero-order valence-electron chi connectivity index (χ0n) is 16.7. The summed E-state index contributed by atoms with van der Waals surface area (Å²) >= 11 is 5.92. The van der Waals surface area contributed by atoms with Crippen LogP contribution in [0, 0.1) is 5.92 Å². The fourth-order valence-electron chi connectivity index (χ4n) is 3.62. The van der Waals surface area contributed by atoms with Crippen LogP contribution in [0.1, 0.15) is 25.2 Å². The minimum atomic E-state index is 0.0711. The fourth-order valence-corrected chi connectivity index (χ4v) is 3.74. The normalized spacial score (nSPS) is 15.4. The number of carbonyl (C=O) groups is 1. The number of imidazole rings is 1. The van der Waals surface area contributed by atoms with E-state index in [1.807, 2.05) is 22.9 Å². The largest absolute Gasteiger partial charge is 0.356 e. The van der Waals surface area contributed by atoms with Gasteiger partial charge in [-0.15, -0.1) is 0 Å². The zero-order chi connectivity index (χ0) is 20.8. The van der Waals surface area contributed by atoms with Crippen LogP contribution in [-0.4, -0.2) is 50.1 Å². The van der Waals surface area contributed by atoms with Gasteiger partial charge in [0.15, 0.2) is 0 Å². The molecule has 0 aliphatic carbocycles. The average Bonchev–Trinajstić information content (AvgIpc) is 3.44. The van der Waals surface area contributed by atoms with E-state index in [2.05, 4.69) is 25.3 Å². The number of nitrogens with one attached hydrogen (secondary N) is 1. The number of hydrogen-bond acceptors (Lipinski definition) is 6. The molecule has 1 aromatic carbocycles. The van der Waals surface area contributed by atoms with E-state index >= 15 is 0 Å². The molecule has 4 rings (SSSR count). The summed E-state index contributed by atoms with van der Waals surface area (Å²) in [5.74, 6) is 1.37. The lowest BCUT2D eigenvalue weighted by Gasteiger charge is -2.30. The molecule has 0 spiro atoms. The van der Waals surface area contributed by atoms with Gasteiger partial charge in [0.05, 0.1) is 12.9 Å². The van der Waals surface area contributed by atoms with E-state index < -0.39 is 0 Å². The van der Waals surface area contributed by atoms with Crippen LogP contribution in [0.4, 0.5) is 0 Å². The lowest BCUT2D eigenvalue weighted by atomic mass is 9.96. The molecule has 0 bridgehead atoms. The third-order valence-corrected chi connectivity index (χ3v) is 5.59. The smallest absolute Gasteiger partial charge is 0.241 e. The second-order valence-corrected chi connectivity index (χ2v) is 7.95. The number of piperidine rings is 1. The quantitative estimate of drug-likeness (QED) is 0.555. The molecule has 158 valence electrons. The molecule has 0 saturated carbocycles. The Morgan fingerprint density at radius 3 is 2.77 bits per heavy atom. The van der Waals surface area contributed by atoms with Gasteiger partial charge in [-0.25, -0.2) is 4.98 Å². The molecule has 0 atom stereocenters. The molecule has 1 N–H and O–H groups in total. The molecule has 1 fully saturated rings. The van der Waals surface area contributed by atoms with Gasteiger partial charge in [-0.2, -0.15) is 4.98 Å². The fraction of sp³-hybridized carbons (Fsp3) is 0.429. The Labute approximate surface area is 180 Å². The van der Waals surface area contributed by atoms with E-state index in [1.54, 1.807) is 24.7 Å². The predicted molar refractivity (Wildman–Crippen MR) is 113 cm³/mol. The first-order valence-electron chi connectivity index (χ1n) is 10.2. The molecule has 9 heteroatoms. The van der Waals surface area contributed by atoms with Crippen LogP contribution in [0.25, 0.3) is 11.4 Å². The summed E-state index contributed by atoms with van der Waals surface area (Å²) in [5.41, 5.74) is 0.873. The van der Waals surface area contributed by atoms with E-state index in [0.717, 1.165) is 44.5 Å². The van der Waals surface area contributed by atoms with Gasteiger partial charge >= 0.3 is 0 Å². The summed E-state index contributed by atoms with van der Waals surface area (Å²) in [5, 5.41) is 7.80. The average molecular weight is 429 g/mol. The van der Waals surface area contributed by atoms with Gasteiger partial charge in [-0.1, -0.05) is 16.8 Å². The summed E-state index contributed by atoms with van der Waals surface area (Å²) in [6.07, 6.45) is 8.06. The van der Waals surface area contributed by atoms with Crippen molar-refractivity contribution in [3.05, 3.63) is 53.9 Å². The molecule has 3 heterocycles. The van der Waals surface area contributed by atoms with Crippen LogP contribution in [0.3, 0.4) is 0 Å². The number of likely N-dealkylation sites (tertiary alicyclic amines) is 1. The van der Waals surface area contributed by atoms with Crippen molar-refractivity contribution < 1.29 is 9.32 Å². The molecule has 1 saturated heterocycles. The number of aromatic nitrogens is 4. The molecule has 1 aliphatic rings. The lowest BCUT2D eigenvalue weighted by Crippen LogP contribution is -2.40. The van der Waals surface area contributed by atoms with E-state index in [1.165, 1.54) is 0 Å². The lowest BCUT2D eigenvalue weighted by molar-refractivity contribution is -0.126. The van der Waals surface area contributed by atoms with Crippen LogP contribution in [0.2, 0.25) is 5.02 Å². The minimum Gasteiger partial charge on any atom is -0.356 e. The summed E-state index contributed by atoms with van der Waals surface area (Å²) in [4.78, 5) is 23.2. The Bertz CT molecular complexity index is 933. The van der Waals surface area contributed by atoms with Gasteiger partial charge < -0.3 is 14.4 Å². The van der Waals surface area contributed by atoms with Crippen molar-refractivity contribution >= 4 is 17.5 Å². The topological polar surface area (TPSA) is 89.1 Å². The van der Waals surface area contributed by atoms with E-state index in [9.17, 15) is 4.79 Å². The molecule has 1 aliphatic heterocycles. The molecule has 0 radical (unpaired) electrons. The number of hydrogen-bond donors (Lipinski definition) is 1. The van der Waals surface area contributed by atoms with Crippen LogP contribution in [-0.2, 0) is 17.9 Å². The molecular formula is C21H25ClN6O2. The molecular weight excluding hydrogens is 404 g/mol. The molecule has 0 unspecified atom stereocenters. The second-order valence-electron chi connectivity index (χ2n) is 7.51. The van der Waals surface area contributed by atoms with Crippen molar-refractivity contribution in [1.82, 2.24) is 29.9 Å². The molecule has 2 aromatic heterocycles. The SMILES string of the molecule is O=C(NCCCn1ccnc1)C1CCN(Cc2nc(-c3ccc(Cl)cc3)no2)CC1. The van der Waals surface area contributed by atoms with Crippen LogP contribution in [0.5, 0.6) is 0 Å². The number of halogens is 1. The highest BCUT2D eigenvalue weighted by Crippen LogP contribution is 2.21. The molecule has 8 nitrogen and oxygen atoms in total. The van der Waals surface area contributed by atoms with E-state index in [4.69, 9.17) is 16.1 Å². The number of aryl methyl sites for hydroxylation is 1. The van der Waals surface area contributed by atoms with Crippen molar-refractivity contribution in [2.75, 3.05) is 19.6 Å². The Morgan fingerprint density at radius 2 is 2.03 bits per heavy atom. The highest BCUT2D eigenvalue weighted by molar-refractivity contribution is 6.30. The summed E-state index contributed by atoms with van der Waals surface area (Å²) in [7, 11) is 0. The van der Waals surface area contributed by atoms with E-state index in [-0.39, 0.29) is 11.8 Å². The Morgan fingerprint density at radius 1 is 1.23 bits per heavy atom. The second kappa shape index (κ2) is 9.86. The maximum absolute atomic E-state index is 12.4. The highest BCUT2D eigenvalue weighted by Gasteiger charge is 2.25. The Hall–Kier alpha value is -2.71. The first kappa shape index (κ1) is 20.6. The van der Waals surface area contributed by atoms with Crippen LogP contribution in [0.15, 0.2) is 47.5 Å².